The molecule has 0 heterocycles. The second-order valence-corrected chi connectivity index (χ2v) is 2.46. The van der Waals surface area contributed by atoms with E-state index in [9.17, 15) is 0 Å². The van der Waals surface area contributed by atoms with Crippen LogP contribution in [-0.4, -0.2) is 6.61 Å². The van der Waals surface area contributed by atoms with Crippen molar-refractivity contribution in [3.8, 4) is 11.8 Å². The molecule has 0 spiro atoms. The van der Waals surface area contributed by atoms with Gasteiger partial charge in [0.1, 0.15) is 11.8 Å². The molecular weight excluding hydrogens is 186 g/mol. The maximum atomic E-state index is 8.69. The summed E-state index contributed by atoms with van der Waals surface area (Å²) in [6.45, 7) is 2.70. The topological polar surface area (TPSA) is 33.0 Å². The summed E-state index contributed by atoms with van der Waals surface area (Å²) in [5.41, 5.74) is 0.603. The average molecular weight is 198 g/mol. The van der Waals surface area contributed by atoms with E-state index in [0.717, 1.165) is 6.42 Å². The highest BCUT2D eigenvalue weighted by Gasteiger charge is 1.99. The van der Waals surface area contributed by atoms with Crippen molar-refractivity contribution in [1.29, 1.82) is 5.26 Å². The fourth-order valence-corrected chi connectivity index (χ4v) is 0.897. The molecule has 1 aromatic rings. The van der Waals surface area contributed by atoms with Gasteiger partial charge in [-0.05, 0) is 18.6 Å². The second-order valence-electron chi connectivity index (χ2n) is 2.46. The Hall–Kier alpha value is -1.20. The van der Waals surface area contributed by atoms with E-state index in [1.54, 1.807) is 6.07 Å². The zero-order valence-corrected chi connectivity index (χ0v) is 8.30. The molecule has 1 aromatic carbocycles. The number of hydrogen-bond acceptors (Lipinski definition) is 2. The number of benzene rings is 1. The quantitative estimate of drug-likeness (QED) is 0.747. The van der Waals surface area contributed by atoms with Crippen LogP contribution >= 0.6 is 12.4 Å². The first-order valence-corrected chi connectivity index (χ1v) is 4.00. The lowest BCUT2D eigenvalue weighted by atomic mass is 10.2. The van der Waals surface area contributed by atoms with Gasteiger partial charge in [0.25, 0.3) is 0 Å². The minimum atomic E-state index is 0. The highest BCUT2D eigenvalue weighted by atomic mass is 35.5. The zero-order chi connectivity index (χ0) is 8.81. The molecule has 0 radical (unpaired) electrons. The highest BCUT2D eigenvalue weighted by molar-refractivity contribution is 5.85. The fraction of sp³-hybridized carbons (Fsp3) is 0.300. The van der Waals surface area contributed by atoms with Crippen LogP contribution in [0.25, 0.3) is 0 Å². The summed E-state index contributed by atoms with van der Waals surface area (Å²) in [7, 11) is 0. The summed E-state index contributed by atoms with van der Waals surface area (Å²) in [6.07, 6.45) is 0.958. The standard InChI is InChI=1S/C10H11NO.ClH/c1-2-7-12-10-6-4-3-5-9(10)8-11;/h3-6H,2,7H2,1H3;1H. The van der Waals surface area contributed by atoms with Gasteiger partial charge < -0.3 is 4.74 Å². The summed E-state index contributed by atoms with van der Waals surface area (Å²) >= 11 is 0. The molecule has 0 N–H and O–H groups in total. The molecule has 70 valence electrons. The van der Waals surface area contributed by atoms with E-state index < -0.39 is 0 Å². The Morgan fingerprint density at radius 1 is 1.38 bits per heavy atom. The lowest BCUT2D eigenvalue weighted by Crippen LogP contribution is -1.96. The maximum absolute atomic E-state index is 8.69. The van der Waals surface area contributed by atoms with Gasteiger partial charge in [0, 0.05) is 0 Å². The van der Waals surface area contributed by atoms with E-state index in [1.165, 1.54) is 0 Å². The van der Waals surface area contributed by atoms with Crippen LogP contribution in [0.1, 0.15) is 18.9 Å². The van der Waals surface area contributed by atoms with Crippen molar-refractivity contribution in [3.05, 3.63) is 29.8 Å². The van der Waals surface area contributed by atoms with Crippen LogP contribution in [0.4, 0.5) is 0 Å². The normalized spacial score (nSPS) is 8.31. The number of halogens is 1. The van der Waals surface area contributed by atoms with Crippen molar-refractivity contribution in [2.45, 2.75) is 13.3 Å². The Balaban J connectivity index is 0.00000144. The summed E-state index contributed by atoms with van der Waals surface area (Å²) in [5.74, 6) is 0.682. The third-order valence-electron chi connectivity index (χ3n) is 1.47. The van der Waals surface area contributed by atoms with Gasteiger partial charge in [0.15, 0.2) is 0 Å². The number of rotatable bonds is 3. The molecule has 0 aliphatic rings. The molecule has 1 rings (SSSR count). The number of para-hydroxylation sites is 1. The molecule has 0 atom stereocenters. The van der Waals surface area contributed by atoms with Crippen molar-refractivity contribution in [2.24, 2.45) is 0 Å². The summed E-state index contributed by atoms with van der Waals surface area (Å²) < 4.78 is 5.35. The van der Waals surface area contributed by atoms with Gasteiger partial charge in [-0.15, -0.1) is 12.4 Å². The molecule has 0 saturated heterocycles. The van der Waals surface area contributed by atoms with Gasteiger partial charge >= 0.3 is 0 Å². The lowest BCUT2D eigenvalue weighted by Gasteiger charge is -2.04. The molecule has 0 aliphatic carbocycles. The van der Waals surface area contributed by atoms with E-state index in [4.69, 9.17) is 10.00 Å². The van der Waals surface area contributed by atoms with Crippen LogP contribution in [0.15, 0.2) is 24.3 Å². The molecular formula is C10H12ClNO. The van der Waals surface area contributed by atoms with Gasteiger partial charge in [-0.3, -0.25) is 0 Å². The minimum Gasteiger partial charge on any atom is -0.492 e. The summed E-state index contributed by atoms with van der Waals surface area (Å²) in [5, 5.41) is 8.69. The number of nitriles is 1. The molecule has 0 aromatic heterocycles. The van der Waals surface area contributed by atoms with Crippen LogP contribution in [0.5, 0.6) is 5.75 Å². The van der Waals surface area contributed by atoms with Gasteiger partial charge in [-0.2, -0.15) is 5.26 Å². The number of hydrogen-bond donors (Lipinski definition) is 0. The minimum absolute atomic E-state index is 0. The van der Waals surface area contributed by atoms with Gasteiger partial charge in [0.2, 0.25) is 0 Å². The van der Waals surface area contributed by atoms with Crippen molar-refractivity contribution in [1.82, 2.24) is 0 Å². The molecule has 0 bridgehead atoms. The molecule has 0 unspecified atom stereocenters. The van der Waals surface area contributed by atoms with Gasteiger partial charge in [0.05, 0.1) is 12.2 Å². The molecule has 0 fully saturated rings. The average Bonchev–Trinajstić information content (AvgIpc) is 2.15. The smallest absolute Gasteiger partial charge is 0.137 e. The van der Waals surface area contributed by atoms with E-state index in [2.05, 4.69) is 6.07 Å². The van der Waals surface area contributed by atoms with Crippen LogP contribution in [0.2, 0.25) is 0 Å². The third kappa shape index (κ3) is 3.35. The second kappa shape index (κ2) is 6.33. The Morgan fingerprint density at radius 2 is 2.08 bits per heavy atom. The highest BCUT2D eigenvalue weighted by Crippen LogP contribution is 2.16. The largest absolute Gasteiger partial charge is 0.492 e. The molecule has 2 nitrogen and oxygen atoms in total. The monoisotopic (exact) mass is 197 g/mol. The van der Waals surface area contributed by atoms with E-state index >= 15 is 0 Å². The van der Waals surface area contributed by atoms with Crippen molar-refractivity contribution >= 4 is 12.4 Å². The Bertz CT molecular complexity index is 293. The van der Waals surface area contributed by atoms with Crippen LogP contribution < -0.4 is 4.74 Å². The van der Waals surface area contributed by atoms with Crippen LogP contribution in [0, 0.1) is 11.3 Å². The zero-order valence-electron chi connectivity index (χ0n) is 7.49. The maximum Gasteiger partial charge on any atom is 0.137 e. The van der Waals surface area contributed by atoms with Gasteiger partial charge in [-0.1, -0.05) is 19.1 Å². The van der Waals surface area contributed by atoms with E-state index in [1.807, 2.05) is 25.1 Å². The summed E-state index contributed by atoms with van der Waals surface area (Å²) in [4.78, 5) is 0. The van der Waals surface area contributed by atoms with Crippen molar-refractivity contribution in [3.63, 3.8) is 0 Å². The Kier molecular flexibility index (Phi) is 5.75. The van der Waals surface area contributed by atoms with Crippen molar-refractivity contribution in [2.75, 3.05) is 6.61 Å². The molecule has 13 heavy (non-hydrogen) atoms. The van der Waals surface area contributed by atoms with Crippen molar-refractivity contribution < 1.29 is 4.74 Å². The molecule has 3 heteroatoms. The third-order valence-corrected chi connectivity index (χ3v) is 1.47. The number of nitrogens with zero attached hydrogens (tertiary/aromatic N) is 1. The predicted molar refractivity (Wildman–Crippen MR) is 54.2 cm³/mol. The Morgan fingerprint density at radius 3 is 2.69 bits per heavy atom. The molecule has 0 amide bonds. The fourth-order valence-electron chi connectivity index (χ4n) is 0.897. The first kappa shape index (κ1) is 11.8. The molecule has 0 saturated carbocycles. The van der Waals surface area contributed by atoms with E-state index in [-0.39, 0.29) is 12.4 Å². The lowest BCUT2D eigenvalue weighted by molar-refractivity contribution is 0.316. The van der Waals surface area contributed by atoms with E-state index in [0.29, 0.717) is 17.9 Å². The first-order chi connectivity index (χ1) is 5.88. The SMILES string of the molecule is CCCOc1ccccc1C#N.Cl. The first-order valence-electron chi connectivity index (χ1n) is 4.00. The molecule has 0 aliphatic heterocycles. The van der Waals surface area contributed by atoms with Crippen LogP contribution in [-0.2, 0) is 0 Å². The van der Waals surface area contributed by atoms with Crippen LogP contribution in [0.3, 0.4) is 0 Å². The number of ether oxygens (including phenoxy) is 1. The predicted octanol–water partition coefficient (Wildman–Crippen LogP) is 2.77. The summed E-state index contributed by atoms with van der Waals surface area (Å²) in [6, 6.07) is 9.35. The Labute approximate surface area is 84.6 Å². The van der Waals surface area contributed by atoms with Gasteiger partial charge in [-0.25, -0.2) is 0 Å².